The Bertz CT molecular complexity index is 591. The summed E-state index contributed by atoms with van der Waals surface area (Å²) < 4.78 is 10.0. The first kappa shape index (κ1) is 28.3. The van der Waals surface area contributed by atoms with E-state index in [1.54, 1.807) is 0 Å². The molecule has 0 heterocycles. The van der Waals surface area contributed by atoms with Gasteiger partial charge < -0.3 is 53.3 Å². The lowest BCUT2D eigenvalue weighted by Crippen LogP contribution is -2.46. The average Bonchev–Trinajstić information content (AvgIpc) is 2.69. The van der Waals surface area contributed by atoms with Gasteiger partial charge in [0.2, 0.25) is 0 Å². The first-order chi connectivity index (χ1) is 14.5. The van der Waals surface area contributed by atoms with E-state index in [-0.39, 0.29) is 24.8 Å². The standard InChI is InChI=1S/C17H36N8O6/c1-9(26)13(31-15(29)11(19)5-3-7-25-17(22)23)12(27)8-30-14(28)10(18)4-2-6-24-16(20)21/h9-13,26-27H,2-8,18-19H2,1H3,(H4,20,21,24)(H4,22,23,25). The number of carbonyl (C=O) groups excluding carboxylic acids is 2. The molecule has 0 aliphatic heterocycles. The van der Waals surface area contributed by atoms with Crippen LogP contribution < -0.4 is 33.6 Å². The highest BCUT2D eigenvalue weighted by molar-refractivity contribution is 5.76. The second-order valence-corrected chi connectivity index (χ2v) is 7.02. The van der Waals surface area contributed by atoms with Crippen LogP contribution in [-0.2, 0) is 19.1 Å². The van der Waals surface area contributed by atoms with Gasteiger partial charge in [0, 0.05) is 13.1 Å². The number of nitrogens with two attached hydrogens (primary N) is 4. The first-order valence-electron chi connectivity index (χ1n) is 9.85. The summed E-state index contributed by atoms with van der Waals surface area (Å²) in [5.74, 6) is -2.00. The largest absolute Gasteiger partial charge is 0.462 e. The van der Waals surface area contributed by atoms with Gasteiger partial charge in [-0.15, -0.1) is 0 Å². The van der Waals surface area contributed by atoms with Gasteiger partial charge in [-0.2, -0.15) is 0 Å². The molecule has 5 unspecified atom stereocenters. The van der Waals surface area contributed by atoms with Crippen molar-refractivity contribution in [2.24, 2.45) is 22.9 Å². The normalized spacial score (nSPS) is 15.6. The van der Waals surface area contributed by atoms with Crippen LogP contribution in [0.1, 0.15) is 32.6 Å². The second-order valence-electron chi connectivity index (χ2n) is 7.02. The summed E-state index contributed by atoms with van der Waals surface area (Å²) in [6, 6.07) is -1.97. The fourth-order valence-corrected chi connectivity index (χ4v) is 2.42. The Hall–Kier alpha value is -2.68. The summed E-state index contributed by atoms with van der Waals surface area (Å²) >= 11 is 0. The summed E-state index contributed by atoms with van der Waals surface area (Å²) in [7, 11) is 0. The van der Waals surface area contributed by atoms with E-state index in [4.69, 9.17) is 43.2 Å². The molecule has 0 aromatic rings. The predicted octanol–water partition coefficient (Wildman–Crippen LogP) is -3.64. The van der Waals surface area contributed by atoms with Crippen LogP contribution in [0, 0.1) is 10.8 Å². The van der Waals surface area contributed by atoms with Crippen LogP contribution >= 0.6 is 0 Å². The molecule has 0 rings (SSSR count). The molecule has 0 bridgehead atoms. The van der Waals surface area contributed by atoms with Crippen molar-refractivity contribution in [2.45, 2.75) is 63.0 Å². The Morgan fingerprint density at radius 3 is 1.81 bits per heavy atom. The molecule has 180 valence electrons. The van der Waals surface area contributed by atoms with Crippen LogP contribution in [0.5, 0.6) is 0 Å². The van der Waals surface area contributed by atoms with Crippen molar-refractivity contribution in [1.29, 1.82) is 10.8 Å². The fourth-order valence-electron chi connectivity index (χ4n) is 2.42. The molecule has 0 amide bonds. The van der Waals surface area contributed by atoms with Crippen molar-refractivity contribution in [3.63, 3.8) is 0 Å². The molecule has 0 spiro atoms. The Kier molecular flexibility index (Phi) is 13.9. The minimum atomic E-state index is -1.49. The van der Waals surface area contributed by atoms with E-state index < -0.39 is 48.9 Å². The van der Waals surface area contributed by atoms with E-state index in [2.05, 4.69) is 10.6 Å². The molecule has 0 fully saturated rings. The maximum Gasteiger partial charge on any atom is 0.323 e. The van der Waals surface area contributed by atoms with Gasteiger partial charge in [-0.25, -0.2) is 0 Å². The topological polar surface area (TPSA) is 269 Å². The van der Waals surface area contributed by atoms with Crippen LogP contribution in [0.3, 0.4) is 0 Å². The summed E-state index contributed by atoms with van der Waals surface area (Å²) in [6.07, 6.45) is -2.72. The Morgan fingerprint density at radius 2 is 1.39 bits per heavy atom. The molecule has 0 aliphatic rings. The molecule has 14 heteroatoms. The minimum Gasteiger partial charge on any atom is -0.462 e. The maximum absolute atomic E-state index is 12.1. The van der Waals surface area contributed by atoms with Crippen molar-refractivity contribution in [1.82, 2.24) is 10.6 Å². The third kappa shape index (κ3) is 13.3. The zero-order chi connectivity index (χ0) is 24.0. The van der Waals surface area contributed by atoms with Crippen molar-refractivity contribution in [2.75, 3.05) is 19.7 Å². The monoisotopic (exact) mass is 448 g/mol. The van der Waals surface area contributed by atoms with Gasteiger partial charge in [0.15, 0.2) is 18.0 Å². The molecule has 0 aromatic carbocycles. The lowest BCUT2D eigenvalue weighted by Gasteiger charge is -2.26. The van der Waals surface area contributed by atoms with Gasteiger partial charge in [0.1, 0.15) is 24.8 Å². The molecule has 0 aromatic heterocycles. The Labute approximate surface area is 181 Å². The maximum atomic E-state index is 12.1. The van der Waals surface area contributed by atoms with Crippen molar-refractivity contribution in [3.05, 3.63) is 0 Å². The fraction of sp³-hybridized carbons (Fsp3) is 0.765. The van der Waals surface area contributed by atoms with Crippen LogP contribution in [0.4, 0.5) is 0 Å². The minimum absolute atomic E-state index is 0.189. The van der Waals surface area contributed by atoms with Gasteiger partial charge >= 0.3 is 11.9 Å². The Balaban J connectivity index is 4.45. The zero-order valence-electron chi connectivity index (χ0n) is 17.7. The molecule has 14 N–H and O–H groups in total. The van der Waals surface area contributed by atoms with E-state index >= 15 is 0 Å². The van der Waals surface area contributed by atoms with Gasteiger partial charge in [0.25, 0.3) is 0 Å². The van der Waals surface area contributed by atoms with Gasteiger partial charge in [0.05, 0.1) is 6.10 Å². The van der Waals surface area contributed by atoms with Crippen LogP contribution in [0.15, 0.2) is 0 Å². The number of ether oxygens (including phenoxy) is 2. The molecular weight excluding hydrogens is 412 g/mol. The van der Waals surface area contributed by atoms with E-state index in [0.29, 0.717) is 25.9 Å². The van der Waals surface area contributed by atoms with Gasteiger partial charge in [-0.3, -0.25) is 20.4 Å². The average molecular weight is 449 g/mol. The predicted molar refractivity (Wildman–Crippen MR) is 113 cm³/mol. The lowest BCUT2D eigenvalue weighted by atomic mass is 10.1. The summed E-state index contributed by atoms with van der Waals surface area (Å²) in [4.78, 5) is 24.0. The molecule has 0 saturated carbocycles. The highest BCUT2D eigenvalue weighted by Gasteiger charge is 2.31. The number of guanidine groups is 2. The third-order valence-corrected chi connectivity index (χ3v) is 4.12. The van der Waals surface area contributed by atoms with Crippen molar-refractivity contribution >= 4 is 23.9 Å². The van der Waals surface area contributed by atoms with E-state index in [1.165, 1.54) is 6.92 Å². The third-order valence-electron chi connectivity index (χ3n) is 4.12. The summed E-state index contributed by atoms with van der Waals surface area (Å²) in [5.41, 5.74) is 21.7. The summed E-state index contributed by atoms with van der Waals surface area (Å²) in [6.45, 7) is 1.47. The zero-order valence-corrected chi connectivity index (χ0v) is 17.7. The van der Waals surface area contributed by atoms with Crippen molar-refractivity contribution in [3.8, 4) is 0 Å². The van der Waals surface area contributed by atoms with Crippen LogP contribution in [0.25, 0.3) is 0 Å². The molecule has 0 saturated heterocycles. The van der Waals surface area contributed by atoms with Crippen molar-refractivity contribution < 1.29 is 29.3 Å². The quantitative estimate of drug-likeness (QED) is 0.0503. The van der Waals surface area contributed by atoms with Crippen LogP contribution in [-0.4, -0.2) is 84.2 Å². The van der Waals surface area contributed by atoms with Crippen LogP contribution in [0.2, 0.25) is 0 Å². The Morgan fingerprint density at radius 1 is 0.935 bits per heavy atom. The van der Waals surface area contributed by atoms with Gasteiger partial charge in [-0.1, -0.05) is 0 Å². The van der Waals surface area contributed by atoms with E-state index in [1.807, 2.05) is 0 Å². The number of carbonyl (C=O) groups is 2. The van der Waals surface area contributed by atoms with E-state index in [9.17, 15) is 19.8 Å². The number of aliphatic hydroxyl groups is 2. The molecule has 31 heavy (non-hydrogen) atoms. The number of nitrogens with one attached hydrogen (secondary N) is 4. The number of esters is 2. The molecule has 0 radical (unpaired) electrons. The SMILES string of the molecule is CC(O)C(OC(=O)C(N)CCCNC(=N)N)C(O)COC(=O)C(N)CCCNC(=N)N. The molecule has 14 nitrogen and oxygen atoms in total. The number of hydrogen-bond acceptors (Lipinski definition) is 10. The molecular formula is C17H36N8O6. The number of aliphatic hydroxyl groups excluding tert-OH is 2. The van der Waals surface area contributed by atoms with Gasteiger partial charge in [-0.05, 0) is 32.6 Å². The number of rotatable bonds is 15. The number of hydrogen-bond donors (Lipinski definition) is 10. The smallest absolute Gasteiger partial charge is 0.323 e. The first-order valence-corrected chi connectivity index (χ1v) is 9.85. The second kappa shape index (κ2) is 15.2. The highest BCUT2D eigenvalue weighted by atomic mass is 16.6. The lowest BCUT2D eigenvalue weighted by molar-refractivity contribution is -0.171. The van der Waals surface area contributed by atoms with E-state index in [0.717, 1.165) is 0 Å². The molecule has 0 aliphatic carbocycles. The summed E-state index contributed by atoms with van der Waals surface area (Å²) in [5, 5.41) is 39.2. The molecule has 5 atom stereocenters. The highest BCUT2D eigenvalue weighted by Crippen LogP contribution is 2.10.